The first-order valence-corrected chi connectivity index (χ1v) is 9.52. The highest BCUT2D eigenvalue weighted by molar-refractivity contribution is 5.76. The Morgan fingerprint density at radius 2 is 1.38 bits per heavy atom. The van der Waals surface area contributed by atoms with Crippen LogP contribution in [0.3, 0.4) is 0 Å². The predicted octanol–water partition coefficient (Wildman–Crippen LogP) is 6.75. The Bertz CT molecular complexity index is 987. The van der Waals surface area contributed by atoms with Crippen molar-refractivity contribution in [3.05, 3.63) is 59.4 Å². The fourth-order valence-corrected chi connectivity index (χ4v) is 3.44. The number of halogens is 3. The molecular formula is C23H26F3N3. The number of aromatic nitrogens is 3. The zero-order valence-electron chi connectivity index (χ0n) is 17.6. The van der Waals surface area contributed by atoms with E-state index < -0.39 is 11.9 Å². The summed E-state index contributed by atoms with van der Waals surface area (Å²) in [5.41, 5.74) is 3.86. The molecule has 0 saturated carbocycles. The fourth-order valence-electron chi connectivity index (χ4n) is 3.44. The van der Waals surface area contributed by atoms with Crippen LogP contribution >= 0.6 is 0 Å². The minimum atomic E-state index is -4.47. The monoisotopic (exact) mass is 401 g/mol. The summed E-state index contributed by atoms with van der Waals surface area (Å²) in [6.45, 7) is 12.9. The molecule has 0 radical (unpaired) electrons. The van der Waals surface area contributed by atoms with Gasteiger partial charge in [0.05, 0.1) is 5.69 Å². The molecule has 0 saturated heterocycles. The molecule has 154 valence electrons. The standard InChI is InChI=1S/C23H26F3N3/c1-21(2,3)15-8-7-9-16(22(4,5)6)20(15)14-10-11-27-17(12-14)18-13-19(29-28-18)23(24,25)26/h7-13H,1-6H3,(H,28,29). The van der Waals surface area contributed by atoms with Gasteiger partial charge in [-0.25, -0.2) is 0 Å². The predicted molar refractivity (Wildman–Crippen MR) is 110 cm³/mol. The number of hydrogen-bond acceptors (Lipinski definition) is 2. The van der Waals surface area contributed by atoms with Crippen molar-refractivity contribution in [2.24, 2.45) is 0 Å². The maximum absolute atomic E-state index is 12.9. The zero-order valence-corrected chi connectivity index (χ0v) is 17.6. The molecule has 1 N–H and O–H groups in total. The summed E-state index contributed by atoms with van der Waals surface area (Å²) in [7, 11) is 0. The molecule has 0 atom stereocenters. The second-order valence-corrected chi connectivity index (χ2v) is 9.32. The molecule has 0 aliphatic rings. The SMILES string of the molecule is CC(C)(C)c1cccc(C(C)(C)C)c1-c1ccnc(-c2cc(C(F)(F)F)[nH]n2)c1. The van der Waals surface area contributed by atoms with Crippen molar-refractivity contribution < 1.29 is 13.2 Å². The summed E-state index contributed by atoms with van der Waals surface area (Å²) < 4.78 is 38.8. The lowest BCUT2D eigenvalue weighted by atomic mass is 9.74. The molecule has 0 unspecified atom stereocenters. The Morgan fingerprint density at radius 1 is 0.793 bits per heavy atom. The number of aromatic amines is 1. The molecule has 0 amide bonds. The minimum Gasteiger partial charge on any atom is -0.273 e. The quantitative estimate of drug-likeness (QED) is 0.516. The summed E-state index contributed by atoms with van der Waals surface area (Å²) >= 11 is 0. The third-order valence-electron chi connectivity index (χ3n) is 4.87. The molecule has 0 aliphatic carbocycles. The molecule has 3 rings (SSSR count). The van der Waals surface area contributed by atoms with Crippen molar-refractivity contribution >= 4 is 0 Å². The Balaban J connectivity index is 2.20. The summed E-state index contributed by atoms with van der Waals surface area (Å²) in [6, 6.07) is 11.0. The first-order valence-electron chi connectivity index (χ1n) is 9.52. The van der Waals surface area contributed by atoms with Crippen LogP contribution in [0, 0.1) is 0 Å². The number of rotatable bonds is 2. The Morgan fingerprint density at radius 3 is 1.86 bits per heavy atom. The van der Waals surface area contributed by atoms with Gasteiger partial charge in [0.1, 0.15) is 11.4 Å². The van der Waals surface area contributed by atoms with Gasteiger partial charge in [-0.1, -0.05) is 59.7 Å². The lowest BCUT2D eigenvalue weighted by Gasteiger charge is -2.30. The van der Waals surface area contributed by atoms with Crippen LogP contribution in [0.25, 0.3) is 22.5 Å². The van der Waals surface area contributed by atoms with E-state index in [4.69, 9.17) is 0 Å². The largest absolute Gasteiger partial charge is 0.432 e. The lowest BCUT2D eigenvalue weighted by Crippen LogP contribution is -2.19. The summed E-state index contributed by atoms with van der Waals surface area (Å²) in [6.07, 6.45) is -2.85. The van der Waals surface area contributed by atoms with Crippen molar-refractivity contribution in [2.75, 3.05) is 0 Å². The van der Waals surface area contributed by atoms with Crippen LogP contribution in [0.4, 0.5) is 13.2 Å². The van der Waals surface area contributed by atoms with Gasteiger partial charge in [0.25, 0.3) is 0 Å². The minimum absolute atomic E-state index is 0.101. The van der Waals surface area contributed by atoms with Crippen LogP contribution in [0.5, 0.6) is 0 Å². The number of pyridine rings is 1. The molecule has 3 nitrogen and oxygen atoms in total. The van der Waals surface area contributed by atoms with Gasteiger partial charge in [-0.05, 0) is 51.3 Å². The molecule has 0 bridgehead atoms. The first-order chi connectivity index (χ1) is 13.3. The van der Waals surface area contributed by atoms with E-state index >= 15 is 0 Å². The summed E-state index contributed by atoms with van der Waals surface area (Å²) in [4.78, 5) is 4.26. The Labute approximate surface area is 169 Å². The van der Waals surface area contributed by atoms with Crippen molar-refractivity contribution in [1.82, 2.24) is 15.2 Å². The topological polar surface area (TPSA) is 41.6 Å². The van der Waals surface area contributed by atoms with Crippen molar-refractivity contribution in [3.8, 4) is 22.5 Å². The molecule has 2 heterocycles. The van der Waals surface area contributed by atoms with Crippen LogP contribution in [0.1, 0.15) is 58.4 Å². The smallest absolute Gasteiger partial charge is 0.273 e. The molecular weight excluding hydrogens is 375 g/mol. The molecule has 6 heteroatoms. The maximum Gasteiger partial charge on any atom is 0.432 e. The number of nitrogens with one attached hydrogen (secondary N) is 1. The molecule has 0 aliphatic heterocycles. The van der Waals surface area contributed by atoms with E-state index in [1.807, 2.05) is 12.1 Å². The molecule has 2 aromatic heterocycles. The molecule has 0 fully saturated rings. The average Bonchev–Trinajstić information content (AvgIpc) is 3.10. The zero-order chi connectivity index (χ0) is 21.6. The number of alkyl halides is 3. The van der Waals surface area contributed by atoms with Crippen molar-refractivity contribution in [3.63, 3.8) is 0 Å². The van der Waals surface area contributed by atoms with Gasteiger partial charge in [-0.15, -0.1) is 0 Å². The number of nitrogens with zero attached hydrogens (tertiary/aromatic N) is 2. The summed E-state index contributed by atoms with van der Waals surface area (Å²) in [5, 5.41) is 5.88. The fraction of sp³-hybridized carbons (Fsp3) is 0.391. The molecule has 1 aromatic carbocycles. The highest BCUT2D eigenvalue weighted by atomic mass is 19.4. The van der Waals surface area contributed by atoms with E-state index in [2.05, 4.69) is 74.9 Å². The second kappa shape index (κ2) is 7.01. The van der Waals surface area contributed by atoms with Crippen LogP contribution in [-0.2, 0) is 17.0 Å². The van der Waals surface area contributed by atoms with Gasteiger partial charge in [0.2, 0.25) is 0 Å². The van der Waals surface area contributed by atoms with Crippen LogP contribution in [0.15, 0.2) is 42.6 Å². The van der Waals surface area contributed by atoms with Gasteiger partial charge in [-0.2, -0.15) is 18.3 Å². The summed E-state index contributed by atoms with van der Waals surface area (Å²) in [5.74, 6) is 0. The van der Waals surface area contributed by atoms with E-state index in [0.29, 0.717) is 5.69 Å². The van der Waals surface area contributed by atoms with Gasteiger partial charge < -0.3 is 0 Å². The first kappa shape index (κ1) is 21.1. The third kappa shape index (κ3) is 4.36. The maximum atomic E-state index is 12.9. The van der Waals surface area contributed by atoms with Gasteiger partial charge >= 0.3 is 6.18 Å². The Kier molecular flexibility index (Phi) is 5.10. The highest BCUT2D eigenvalue weighted by Gasteiger charge is 2.33. The molecule has 3 aromatic rings. The van der Waals surface area contributed by atoms with Gasteiger partial charge in [0.15, 0.2) is 0 Å². The van der Waals surface area contributed by atoms with Crippen LogP contribution < -0.4 is 0 Å². The van der Waals surface area contributed by atoms with E-state index in [9.17, 15) is 13.2 Å². The average molecular weight is 401 g/mol. The molecule has 0 spiro atoms. The van der Waals surface area contributed by atoms with Crippen molar-refractivity contribution in [2.45, 2.75) is 58.5 Å². The number of hydrogen-bond donors (Lipinski definition) is 1. The van der Waals surface area contributed by atoms with Crippen LogP contribution in [0.2, 0.25) is 0 Å². The molecule has 29 heavy (non-hydrogen) atoms. The van der Waals surface area contributed by atoms with Crippen molar-refractivity contribution in [1.29, 1.82) is 0 Å². The van der Waals surface area contributed by atoms with Gasteiger partial charge in [-0.3, -0.25) is 10.1 Å². The normalized spacial score (nSPS) is 13.0. The van der Waals surface area contributed by atoms with E-state index in [0.717, 1.165) is 17.2 Å². The van der Waals surface area contributed by atoms with E-state index in [1.165, 1.54) is 11.1 Å². The van der Waals surface area contributed by atoms with Gasteiger partial charge in [0, 0.05) is 6.20 Å². The number of H-pyrrole nitrogens is 1. The second-order valence-electron chi connectivity index (χ2n) is 9.32. The highest BCUT2D eigenvalue weighted by Crippen LogP contribution is 2.41. The van der Waals surface area contributed by atoms with E-state index in [-0.39, 0.29) is 16.5 Å². The third-order valence-corrected chi connectivity index (χ3v) is 4.87. The Hall–Kier alpha value is -2.63. The number of benzene rings is 1. The van der Waals surface area contributed by atoms with Crippen LogP contribution in [-0.4, -0.2) is 15.2 Å². The lowest BCUT2D eigenvalue weighted by molar-refractivity contribution is -0.141. The van der Waals surface area contributed by atoms with E-state index in [1.54, 1.807) is 6.20 Å².